The van der Waals surface area contributed by atoms with Crippen LogP contribution < -0.4 is 10.6 Å². The maximum absolute atomic E-state index is 5.97. The van der Waals surface area contributed by atoms with Gasteiger partial charge in [0.15, 0.2) is 0 Å². The molecule has 142 valence electrons. The highest BCUT2D eigenvalue weighted by Gasteiger charge is 2.30. The third kappa shape index (κ3) is 3.69. The van der Waals surface area contributed by atoms with E-state index in [9.17, 15) is 0 Å². The molecule has 0 N–H and O–H groups in total. The maximum Gasteiger partial charge on any atom is 0.223 e. The lowest BCUT2D eigenvalue weighted by Crippen LogP contribution is -2.20. The number of allylic oxidation sites excluding steroid dienone is 8. The molecule has 1 aromatic heterocycles. The molecule has 5 rings (SSSR count). The normalized spacial score (nSPS) is 18.2. The minimum atomic E-state index is -0.604. The first kappa shape index (κ1) is 18.1. The Hall–Kier alpha value is -2.96. The van der Waals surface area contributed by atoms with Crippen LogP contribution in [0.4, 0.5) is 0 Å². The summed E-state index contributed by atoms with van der Waals surface area (Å²) in [7, 11) is -0.604. The van der Waals surface area contributed by atoms with E-state index < -0.39 is 7.92 Å². The minimum absolute atomic E-state index is 0.247. The van der Waals surface area contributed by atoms with E-state index >= 15 is 0 Å². The fraction of sp³-hybridized carbons (Fsp3) is 0.115. The van der Waals surface area contributed by atoms with Gasteiger partial charge in [-0.1, -0.05) is 97.1 Å². The van der Waals surface area contributed by atoms with Crippen molar-refractivity contribution in [3.8, 4) is 0 Å². The second-order valence-electron chi connectivity index (χ2n) is 7.17. The van der Waals surface area contributed by atoms with Crippen molar-refractivity contribution in [2.45, 2.75) is 18.5 Å². The first-order chi connectivity index (χ1) is 14.4. The van der Waals surface area contributed by atoms with Crippen LogP contribution >= 0.6 is 7.92 Å². The molecule has 2 aliphatic rings. The number of hydrogen-bond acceptors (Lipinski definition) is 2. The Labute approximate surface area is 172 Å². The van der Waals surface area contributed by atoms with Crippen LogP contribution in [0.1, 0.15) is 24.4 Å². The second-order valence-corrected chi connectivity index (χ2v) is 9.50. The molecule has 0 fully saturated rings. The van der Waals surface area contributed by atoms with E-state index in [2.05, 4.69) is 97.1 Å². The molecule has 29 heavy (non-hydrogen) atoms. The van der Waals surface area contributed by atoms with Crippen LogP contribution in [0.3, 0.4) is 0 Å². The first-order valence-corrected chi connectivity index (χ1v) is 11.4. The number of nitrogens with zero attached hydrogens (tertiary/aromatic N) is 1. The highest BCUT2D eigenvalue weighted by Crippen LogP contribution is 2.48. The zero-order chi connectivity index (χ0) is 19.5. The van der Waals surface area contributed by atoms with Gasteiger partial charge >= 0.3 is 0 Å². The number of benzene rings is 2. The molecular weight excluding hydrogens is 373 g/mol. The largest absolute Gasteiger partial charge is 0.444 e. The van der Waals surface area contributed by atoms with Crippen LogP contribution in [0, 0.1) is 0 Å². The quantitative estimate of drug-likeness (QED) is 0.506. The summed E-state index contributed by atoms with van der Waals surface area (Å²) in [6, 6.07) is 21.6. The maximum atomic E-state index is 5.97. The van der Waals surface area contributed by atoms with E-state index in [-0.39, 0.29) is 5.66 Å². The molecule has 0 radical (unpaired) electrons. The fourth-order valence-corrected chi connectivity index (χ4v) is 6.55. The molecule has 0 saturated carbocycles. The van der Waals surface area contributed by atoms with Gasteiger partial charge in [0.2, 0.25) is 5.89 Å². The van der Waals surface area contributed by atoms with Gasteiger partial charge < -0.3 is 4.42 Å². The van der Waals surface area contributed by atoms with Crippen molar-refractivity contribution in [1.29, 1.82) is 0 Å². The first-order valence-electron chi connectivity index (χ1n) is 10.0. The molecule has 1 atom stereocenters. The lowest BCUT2D eigenvalue weighted by Gasteiger charge is -2.25. The van der Waals surface area contributed by atoms with E-state index in [1.165, 1.54) is 10.6 Å². The predicted octanol–water partition coefficient (Wildman–Crippen LogP) is 5.86. The van der Waals surface area contributed by atoms with Gasteiger partial charge in [-0.15, -0.1) is 0 Å². The molecule has 2 aliphatic carbocycles. The van der Waals surface area contributed by atoms with Crippen molar-refractivity contribution < 1.29 is 4.42 Å². The molecule has 0 spiro atoms. The zero-order valence-corrected chi connectivity index (χ0v) is 17.0. The summed E-state index contributed by atoms with van der Waals surface area (Å²) in [5.74, 6) is 0.731. The third-order valence-electron chi connectivity index (χ3n) is 5.28. The Bertz CT molecular complexity index is 1070. The Balaban J connectivity index is 1.52. The van der Waals surface area contributed by atoms with Crippen molar-refractivity contribution in [1.82, 2.24) is 4.98 Å². The molecule has 2 aromatic carbocycles. The van der Waals surface area contributed by atoms with Crippen LogP contribution in [0.2, 0.25) is 0 Å². The topological polar surface area (TPSA) is 26.0 Å². The van der Waals surface area contributed by atoms with Gasteiger partial charge in [0, 0.05) is 11.2 Å². The van der Waals surface area contributed by atoms with E-state index in [1.807, 2.05) is 0 Å². The van der Waals surface area contributed by atoms with Gasteiger partial charge in [-0.05, 0) is 36.9 Å². The summed E-state index contributed by atoms with van der Waals surface area (Å²) in [5, 5.41) is 2.72. The molecule has 3 heteroatoms. The molecular formula is C26H22NOP. The summed E-state index contributed by atoms with van der Waals surface area (Å²) >= 11 is 0. The van der Waals surface area contributed by atoms with Crippen molar-refractivity contribution >= 4 is 29.7 Å². The van der Waals surface area contributed by atoms with Gasteiger partial charge in [-0.25, -0.2) is 4.98 Å². The third-order valence-corrected chi connectivity index (χ3v) is 7.99. The molecule has 1 heterocycles. The molecule has 3 aromatic rings. The van der Waals surface area contributed by atoms with Gasteiger partial charge in [0.25, 0.3) is 0 Å². The second kappa shape index (κ2) is 8.19. The molecule has 1 unspecified atom stereocenters. The predicted molar refractivity (Wildman–Crippen MR) is 123 cm³/mol. The van der Waals surface area contributed by atoms with Gasteiger partial charge in [0.05, 0.1) is 0 Å². The Morgan fingerprint density at radius 1 is 0.897 bits per heavy atom. The van der Waals surface area contributed by atoms with Crippen LogP contribution in [-0.4, -0.2) is 10.6 Å². The van der Waals surface area contributed by atoms with Crippen LogP contribution in [-0.2, 0) is 0 Å². The van der Waals surface area contributed by atoms with Crippen LogP contribution in [0.25, 0.3) is 11.1 Å². The van der Waals surface area contributed by atoms with Gasteiger partial charge in [0.1, 0.15) is 12.0 Å². The summed E-state index contributed by atoms with van der Waals surface area (Å²) in [6.45, 7) is 0. The molecule has 0 aliphatic heterocycles. The minimum Gasteiger partial charge on any atom is -0.444 e. The monoisotopic (exact) mass is 395 g/mol. The number of aromatic nitrogens is 1. The molecule has 0 amide bonds. The van der Waals surface area contributed by atoms with Crippen molar-refractivity contribution in [2.75, 3.05) is 0 Å². The zero-order valence-electron chi connectivity index (χ0n) is 16.1. The fourth-order valence-electron chi connectivity index (χ4n) is 3.88. The lowest BCUT2D eigenvalue weighted by atomic mass is 10.1. The van der Waals surface area contributed by atoms with E-state index in [4.69, 9.17) is 9.40 Å². The summed E-state index contributed by atoms with van der Waals surface area (Å²) < 4.78 is 5.97. The molecule has 0 saturated heterocycles. The Morgan fingerprint density at radius 2 is 1.62 bits per heavy atom. The molecule has 2 nitrogen and oxygen atoms in total. The number of rotatable bonds is 5. The summed E-state index contributed by atoms with van der Waals surface area (Å²) in [5.41, 5.74) is 3.49. The summed E-state index contributed by atoms with van der Waals surface area (Å²) in [4.78, 5) is 4.85. The van der Waals surface area contributed by atoms with Gasteiger partial charge in [-0.3, -0.25) is 0 Å². The average Bonchev–Trinajstić information content (AvgIpc) is 3.46. The number of oxazole rings is 1. The average molecular weight is 395 g/mol. The van der Waals surface area contributed by atoms with Crippen molar-refractivity contribution in [3.63, 3.8) is 0 Å². The standard InChI is InChI=1S/C26H22NOP/c1-4-11-20(12-5-1)24-19-28-26(27-24)23-17-10-18-25(23)29(21-13-6-2-7-14-21)22-15-8-3-9-16-22/h2-4,6-19,25H,1,5H2. The number of hydrogen-bond donors (Lipinski definition) is 0. The van der Waals surface area contributed by atoms with Crippen LogP contribution in [0.5, 0.6) is 0 Å². The van der Waals surface area contributed by atoms with E-state index in [0.29, 0.717) is 0 Å². The SMILES string of the molecule is C1=CC(P(c2ccccc2)c2ccccc2)C(c2nc(C3=CCCC=C3)co2)=C1. The summed E-state index contributed by atoms with van der Waals surface area (Å²) in [6.07, 6.45) is 17.1. The van der Waals surface area contributed by atoms with E-state index in [0.717, 1.165) is 35.6 Å². The van der Waals surface area contributed by atoms with Crippen molar-refractivity contribution in [2.24, 2.45) is 0 Å². The smallest absolute Gasteiger partial charge is 0.223 e. The van der Waals surface area contributed by atoms with Gasteiger partial charge in [-0.2, -0.15) is 0 Å². The van der Waals surface area contributed by atoms with E-state index in [1.54, 1.807) is 6.26 Å². The highest BCUT2D eigenvalue weighted by molar-refractivity contribution is 7.74. The Morgan fingerprint density at radius 3 is 2.28 bits per heavy atom. The van der Waals surface area contributed by atoms with Crippen molar-refractivity contribution in [3.05, 3.63) is 115 Å². The highest BCUT2D eigenvalue weighted by atomic mass is 31.1. The molecule has 0 bridgehead atoms. The lowest BCUT2D eigenvalue weighted by molar-refractivity contribution is 0.541. The van der Waals surface area contributed by atoms with Crippen LogP contribution in [0.15, 0.2) is 108 Å². The Kier molecular flexibility index (Phi) is 5.11.